The summed E-state index contributed by atoms with van der Waals surface area (Å²) in [6, 6.07) is 9.43. The number of quaternary nitrogens is 1. The van der Waals surface area contributed by atoms with Crippen LogP contribution in [-0.4, -0.2) is 48.9 Å². The number of aromatic amines is 1. The van der Waals surface area contributed by atoms with Gasteiger partial charge in [0.25, 0.3) is 5.56 Å². The number of nitrogens with one attached hydrogen (secondary N) is 3. The minimum atomic E-state index is -0.564. The first kappa shape index (κ1) is 20.7. The van der Waals surface area contributed by atoms with Gasteiger partial charge in [0, 0.05) is 20.0 Å². The molecule has 0 saturated heterocycles. The van der Waals surface area contributed by atoms with Gasteiger partial charge in [-0.1, -0.05) is 30.3 Å². The molecule has 0 amide bonds. The molecule has 0 spiro atoms. The predicted octanol–water partition coefficient (Wildman–Crippen LogP) is -0.988. The third kappa shape index (κ3) is 5.41. The van der Waals surface area contributed by atoms with Crippen molar-refractivity contribution in [1.29, 1.82) is 0 Å². The molecule has 0 atom stereocenters. The van der Waals surface area contributed by atoms with Crippen LogP contribution in [0.15, 0.2) is 39.9 Å². The lowest BCUT2D eigenvalue weighted by Gasteiger charge is -2.23. The molecule has 1 aromatic heterocycles. The Hall–Kier alpha value is -2.65. The van der Waals surface area contributed by atoms with Crippen LogP contribution in [0.2, 0.25) is 0 Å². The molecular weight excluding hydrogens is 364 g/mol. The number of hydrogen-bond acceptors (Lipinski definition) is 4. The average Bonchev–Trinajstić information content (AvgIpc) is 2.62. The SMILES string of the molecule is CN(C(=S)NCCC[NH+](C)C)c1c(N)n(Cc2ccccc2)c(=O)[nH]c1=O. The fourth-order valence-electron chi connectivity index (χ4n) is 2.68. The summed E-state index contributed by atoms with van der Waals surface area (Å²) in [5.74, 6) is 0.0805. The third-order valence-electron chi connectivity index (χ3n) is 4.17. The minimum absolute atomic E-state index is 0.0805. The fraction of sp³-hybridized carbons (Fsp3) is 0.389. The van der Waals surface area contributed by atoms with E-state index in [1.165, 1.54) is 14.4 Å². The van der Waals surface area contributed by atoms with Crippen molar-refractivity contribution in [3.8, 4) is 0 Å². The number of benzene rings is 1. The first-order valence-electron chi connectivity index (χ1n) is 8.78. The van der Waals surface area contributed by atoms with Crippen LogP contribution in [0.25, 0.3) is 0 Å². The molecule has 0 unspecified atom stereocenters. The lowest BCUT2D eigenvalue weighted by molar-refractivity contribution is -0.858. The number of H-pyrrole nitrogens is 1. The monoisotopic (exact) mass is 391 g/mol. The van der Waals surface area contributed by atoms with Crippen molar-refractivity contribution >= 4 is 28.8 Å². The molecule has 0 aliphatic heterocycles. The summed E-state index contributed by atoms with van der Waals surface area (Å²) < 4.78 is 1.33. The highest BCUT2D eigenvalue weighted by Gasteiger charge is 2.19. The normalized spacial score (nSPS) is 10.8. The Kier molecular flexibility index (Phi) is 7.14. The van der Waals surface area contributed by atoms with Crippen LogP contribution in [0.3, 0.4) is 0 Å². The Morgan fingerprint density at radius 3 is 2.59 bits per heavy atom. The first-order chi connectivity index (χ1) is 12.8. The number of nitrogens with zero attached hydrogens (tertiary/aromatic N) is 2. The van der Waals surface area contributed by atoms with Gasteiger partial charge in [-0.3, -0.25) is 14.3 Å². The van der Waals surface area contributed by atoms with Crippen molar-refractivity contribution in [2.75, 3.05) is 44.9 Å². The summed E-state index contributed by atoms with van der Waals surface area (Å²) >= 11 is 5.38. The second kappa shape index (κ2) is 9.33. The number of aromatic nitrogens is 2. The zero-order valence-corrected chi connectivity index (χ0v) is 16.7. The van der Waals surface area contributed by atoms with Gasteiger partial charge >= 0.3 is 5.69 Å². The fourth-order valence-corrected chi connectivity index (χ4v) is 2.88. The number of nitrogen functional groups attached to an aromatic ring is 1. The Morgan fingerprint density at radius 1 is 1.30 bits per heavy atom. The van der Waals surface area contributed by atoms with Crippen LogP contribution < -0.4 is 32.1 Å². The highest BCUT2D eigenvalue weighted by Crippen LogP contribution is 2.16. The molecule has 0 saturated carbocycles. The van der Waals surface area contributed by atoms with Crippen LogP contribution >= 0.6 is 12.2 Å². The molecule has 146 valence electrons. The highest BCUT2D eigenvalue weighted by atomic mass is 32.1. The van der Waals surface area contributed by atoms with E-state index in [2.05, 4.69) is 24.4 Å². The van der Waals surface area contributed by atoms with Gasteiger partial charge in [-0.2, -0.15) is 0 Å². The van der Waals surface area contributed by atoms with Gasteiger partial charge in [0.15, 0.2) is 5.11 Å². The number of anilines is 2. The highest BCUT2D eigenvalue weighted by molar-refractivity contribution is 7.80. The predicted molar refractivity (Wildman–Crippen MR) is 113 cm³/mol. The lowest BCUT2D eigenvalue weighted by Crippen LogP contribution is -3.05. The van der Waals surface area contributed by atoms with E-state index in [1.807, 2.05) is 30.3 Å². The standard InChI is InChI=1S/C18H26N6O2S/c1-22(2)11-7-10-20-18(27)23(3)14-15(19)24(17(26)21-16(14)25)12-13-8-5-4-6-9-13/h4-6,8-9H,7,10-12,19H2,1-3H3,(H,20,27)(H,21,25,26)/p+1. The van der Waals surface area contributed by atoms with Crippen molar-refractivity contribution in [2.24, 2.45) is 0 Å². The van der Waals surface area contributed by atoms with Crippen molar-refractivity contribution < 1.29 is 4.90 Å². The zero-order chi connectivity index (χ0) is 20.0. The quantitative estimate of drug-likeness (QED) is 0.357. The van der Waals surface area contributed by atoms with Gasteiger partial charge < -0.3 is 20.9 Å². The van der Waals surface area contributed by atoms with Crippen LogP contribution in [-0.2, 0) is 6.54 Å². The summed E-state index contributed by atoms with van der Waals surface area (Å²) in [4.78, 5) is 29.8. The number of rotatable bonds is 7. The van der Waals surface area contributed by atoms with Crippen LogP contribution in [0.5, 0.6) is 0 Å². The van der Waals surface area contributed by atoms with Crippen molar-refractivity contribution in [1.82, 2.24) is 14.9 Å². The van der Waals surface area contributed by atoms with E-state index in [0.717, 1.165) is 18.5 Å². The summed E-state index contributed by atoms with van der Waals surface area (Å²) in [5, 5.41) is 3.50. The van der Waals surface area contributed by atoms with E-state index in [9.17, 15) is 9.59 Å². The van der Waals surface area contributed by atoms with Gasteiger partial charge in [0.1, 0.15) is 11.5 Å². The molecule has 5 N–H and O–H groups in total. The maximum atomic E-state index is 12.3. The second-order valence-corrected chi connectivity index (χ2v) is 7.05. The van der Waals surface area contributed by atoms with E-state index in [0.29, 0.717) is 11.7 Å². The van der Waals surface area contributed by atoms with Gasteiger partial charge in [-0.05, 0) is 17.8 Å². The molecule has 2 rings (SSSR count). The summed E-state index contributed by atoms with van der Waals surface area (Å²) in [7, 11) is 5.83. The van der Waals surface area contributed by atoms with Crippen molar-refractivity contribution in [3.63, 3.8) is 0 Å². The smallest absolute Gasteiger partial charge is 0.330 e. The molecule has 0 radical (unpaired) electrons. The molecule has 0 aliphatic carbocycles. The molecule has 0 aliphatic rings. The van der Waals surface area contributed by atoms with Crippen molar-refractivity contribution in [2.45, 2.75) is 13.0 Å². The maximum Gasteiger partial charge on any atom is 0.330 e. The molecule has 27 heavy (non-hydrogen) atoms. The van der Waals surface area contributed by atoms with Gasteiger partial charge in [0.2, 0.25) is 0 Å². The Morgan fingerprint density at radius 2 is 1.96 bits per heavy atom. The summed E-state index contributed by atoms with van der Waals surface area (Å²) in [6.07, 6.45) is 0.940. The van der Waals surface area contributed by atoms with Gasteiger partial charge in [0.05, 0.1) is 27.2 Å². The first-order valence-corrected chi connectivity index (χ1v) is 9.19. The summed E-state index contributed by atoms with van der Waals surface area (Å²) in [6.45, 7) is 1.95. The van der Waals surface area contributed by atoms with Gasteiger partial charge in [-0.15, -0.1) is 0 Å². The molecule has 2 aromatic rings. The maximum absolute atomic E-state index is 12.3. The van der Waals surface area contributed by atoms with E-state index < -0.39 is 11.2 Å². The molecule has 1 aromatic carbocycles. The van der Waals surface area contributed by atoms with Crippen LogP contribution in [0.4, 0.5) is 11.5 Å². The molecule has 0 fully saturated rings. The molecule has 0 bridgehead atoms. The number of nitrogens with two attached hydrogens (primary N) is 1. The van der Waals surface area contributed by atoms with E-state index in [-0.39, 0.29) is 18.1 Å². The van der Waals surface area contributed by atoms with Crippen molar-refractivity contribution in [3.05, 3.63) is 56.7 Å². The average molecular weight is 392 g/mol. The minimum Gasteiger partial charge on any atom is -0.383 e. The van der Waals surface area contributed by atoms with E-state index in [4.69, 9.17) is 18.0 Å². The topological polar surface area (TPSA) is 101 Å². The van der Waals surface area contributed by atoms with Crippen LogP contribution in [0, 0.1) is 0 Å². The molecule has 8 nitrogen and oxygen atoms in total. The molecule has 9 heteroatoms. The Bertz CT molecular complexity index is 891. The lowest BCUT2D eigenvalue weighted by atomic mass is 10.2. The molecule has 1 heterocycles. The van der Waals surface area contributed by atoms with E-state index >= 15 is 0 Å². The Balaban J connectivity index is 2.23. The largest absolute Gasteiger partial charge is 0.383 e. The number of thiocarbonyl (C=S) groups is 1. The summed E-state index contributed by atoms with van der Waals surface area (Å²) in [5.41, 5.74) is 6.12. The number of hydrogen-bond donors (Lipinski definition) is 4. The van der Waals surface area contributed by atoms with E-state index in [1.54, 1.807) is 7.05 Å². The third-order valence-corrected chi connectivity index (χ3v) is 4.59. The molecular formula is C18H27N6O2S+. The van der Waals surface area contributed by atoms with Crippen LogP contribution in [0.1, 0.15) is 12.0 Å². The Labute approximate surface area is 163 Å². The van der Waals surface area contributed by atoms with Gasteiger partial charge in [-0.25, -0.2) is 4.79 Å². The second-order valence-electron chi connectivity index (χ2n) is 6.67. The zero-order valence-electron chi connectivity index (χ0n) is 15.9.